The van der Waals surface area contributed by atoms with Crippen LogP contribution < -0.4 is 10.5 Å². The number of carbonyl (C=O) groups is 1. The molecule has 1 aliphatic rings. The molecule has 0 saturated carbocycles. The number of hydrogen-bond donors (Lipinski definition) is 2. The van der Waals surface area contributed by atoms with E-state index in [1.165, 1.54) is 12.1 Å². The van der Waals surface area contributed by atoms with Gasteiger partial charge in [0.05, 0.1) is 44.8 Å². The summed E-state index contributed by atoms with van der Waals surface area (Å²) in [6.45, 7) is -1.09. The van der Waals surface area contributed by atoms with E-state index in [0.29, 0.717) is 0 Å². The molecule has 2 N–H and O–H groups in total. The molecule has 0 saturated heterocycles. The van der Waals surface area contributed by atoms with Crippen LogP contribution in [-0.4, -0.2) is 27.4 Å². The van der Waals surface area contributed by atoms with Crippen molar-refractivity contribution in [3.63, 3.8) is 0 Å². The highest BCUT2D eigenvalue weighted by molar-refractivity contribution is 5.90. The number of nitrogens with one attached hydrogen (secondary N) is 1. The van der Waals surface area contributed by atoms with E-state index in [2.05, 4.69) is 10.8 Å². The van der Waals surface area contributed by atoms with Gasteiger partial charge in [0.15, 0.2) is 5.69 Å². The van der Waals surface area contributed by atoms with Gasteiger partial charge in [-0.1, -0.05) is 24.3 Å². The molecule has 0 unspecified atom stereocenters. The number of nitrogens with zero attached hydrogens (tertiary/aromatic N) is 2. The Kier molecular flexibility index (Phi) is 9.80. The maximum atomic E-state index is 14.5. The normalized spacial score (nSPS) is 14.1. The third-order valence-corrected chi connectivity index (χ3v) is 8.02. The quantitative estimate of drug-likeness (QED) is 0.156. The Morgan fingerprint density at radius 3 is 1.69 bits per heavy atom. The van der Waals surface area contributed by atoms with Gasteiger partial charge in [0.1, 0.15) is 0 Å². The standard InChI is InChI=1S/C33H18F15N3O3/c34-29(35,36)20-21(30(37,38)39)23(32(43,44)45)26(24(33(46,47)48)22(20)31(40,41)42)50-13-5-7-16-14-15(11-12-19(16)50)6-4-10-18-25(28(53)54)49-51(27(18)52)17-8-2-1-3-9-17/h1-3,6,8-12,14,49H,5,7,13H2,(H,53,54). The number of hydrogen-bond acceptors (Lipinski definition) is 3. The van der Waals surface area contributed by atoms with Crippen molar-refractivity contribution < 1.29 is 75.8 Å². The highest BCUT2D eigenvalue weighted by Crippen LogP contribution is 2.60. The molecule has 54 heavy (non-hydrogen) atoms. The van der Waals surface area contributed by atoms with Crippen molar-refractivity contribution in [3.05, 3.63) is 115 Å². The Labute approximate surface area is 291 Å². The van der Waals surface area contributed by atoms with E-state index in [9.17, 15) is 80.6 Å². The summed E-state index contributed by atoms with van der Waals surface area (Å²) in [6, 6.07) is 10.3. The number of alkyl halides is 15. The molecule has 5 rings (SSSR count). The molecule has 6 nitrogen and oxygen atoms in total. The van der Waals surface area contributed by atoms with Crippen LogP contribution >= 0.6 is 0 Å². The fourth-order valence-electron chi connectivity index (χ4n) is 6.08. The van der Waals surface area contributed by atoms with Crippen LogP contribution in [0.3, 0.4) is 0 Å². The number of benzene rings is 3. The lowest BCUT2D eigenvalue weighted by atomic mass is 9.85. The van der Waals surface area contributed by atoms with E-state index in [1.54, 1.807) is 18.2 Å². The van der Waals surface area contributed by atoms with E-state index in [-0.39, 0.29) is 28.1 Å². The molecule has 4 aromatic rings. The molecule has 288 valence electrons. The van der Waals surface area contributed by atoms with Gasteiger partial charge in [0, 0.05) is 12.2 Å². The minimum atomic E-state index is -7.01. The van der Waals surface area contributed by atoms with Gasteiger partial charge in [-0.3, -0.25) is 9.89 Å². The second kappa shape index (κ2) is 13.4. The molecular weight excluding hydrogens is 771 g/mol. The molecule has 21 heteroatoms. The van der Waals surface area contributed by atoms with Crippen LogP contribution in [-0.2, 0) is 37.3 Å². The lowest BCUT2D eigenvalue weighted by molar-refractivity contribution is -0.188. The highest BCUT2D eigenvalue weighted by Gasteiger charge is 2.61. The van der Waals surface area contributed by atoms with Crippen molar-refractivity contribution in [2.45, 2.75) is 43.7 Å². The lowest BCUT2D eigenvalue weighted by Gasteiger charge is -2.38. The summed E-state index contributed by atoms with van der Waals surface area (Å²) in [5, 5.41) is 12.0. The number of carboxylic acids is 1. The molecule has 1 aliphatic heterocycles. The Morgan fingerprint density at radius 1 is 0.704 bits per heavy atom. The number of H-pyrrole nitrogens is 1. The van der Waals surface area contributed by atoms with Gasteiger partial charge in [-0.15, -0.1) is 5.73 Å². The molecule has 0 bridgehead atoms. The third kappa shape index (κ3) is 7.44. The molecule has 0 fully saturated rings. The van der Waals surface area contributed by atoms with Gasteiger partial charge in [-0.2, -0.15) is 65.9 Å². The van der Waals surface area contributed by atoms with E-state index >= 15 is 0 Å². The smallest absolute Gasteiger partial charge is 0.419 e. The largest absolute Gasteiger partial charge is 0.477 e. The SMILES string of the molecule is O=C(O)c1[nH]n(-c2ccccc2)c(=O)c1C=C=Cc1ccc2c(c1)CCCN2c1c(C(F)(F)F)c(C(F)(F)F)c(C(F)(F)F)c(C(F)(F)F)c1C(F)(F)F. The third-order valence-electron chi connectivity index (χ3n) is 8.02. The van der Waals surface area contributed by atoms with Crippen molar-refractivity contribution in [2.24, 2.45) is 0 Å². The molecule has 0 atom stereocenters. The second-order valence-corrected chi connectivity index (χ2v) is 11.5. The average Bonchev–Trinajstić information content (AvgIpc) is 3.37. The predicted molar refractivity (Wildman–Crippen MR) is 159 cm³/mol. The van der Waals surface area contributed by atoms with Crippen LogP contribution in [0.15, 0.2) is 59.1 Å². The van der Waals surface area contributed by atoms with E-state index in [1.807, 2.05) is 0 Å². The lowest BCUT2D eigenvalue weighted by Crippen LogP contribution is -2.36. The molecule has 0 radical (unpaired) electrons. The van der Waals surface area contributed by atoms with Gasteiger partial charge < -0.3 is 10.0 Å². The van der Waals surface area contributed by atoms with Crippen molar-refractivity contribution in [1.82, 2.24) is 9.78 Å². The Hall–Kier alpha value is -5.59. The Balaban J connectivity index is 1.75. The summed E-state index contributed by atoms with van der Waals surface area (Å²) in [4.78, 5) is 24.6. The van der Waals surface area contributed by atoms with E-state index in [4.69, 9.17) is 0 Å². The second-order valence-electron chi connectivity index (χ2n) is 11.5. The summed E-state index contributed by atoms with van der Waals surface area (Å²) in [6.07, 6.45) is -33.0. The number of fused-ring (bicyclic) bond motifs is 1. The zero-order valence-electron chi connectivity index (χ0n) is 26.2. The van der Waals surface area contributed by atoms with E-state index < -0.39 is 106 Å². The van der Waals surface area contributed by atoms with Crippen molar-refractivity contribution in [3.8, 4) is 5.69 Å². The van der Waals surface area contributed by atoms with Gasteiger partial charge >= 0.3 is 36.9 Å². The number of rotatable bonds is 5. The molecule has 0 aliphatic carbocycles. The Bertz CT molecular complexity index is 2180. The number of aromatic carboxylic acids is 1. The predicted octanol–water partition coefficient (Wildman–Crippen LogP) is 10.4. The zero-order valence-corrected chi connectivity index (χ0v) is 26.2. The van der Waals surface area contributed by atoms with Crippen LogP contribution in [0.25, 0.3) is 17.8 Å². The summed E-state index contributed by atoms with van der Waals surface area (Å²) in [5.41, 5.74) is -22.4. The molecule has 3 aromatic carbocycles. The van der Waals surface area contributed by atoms with Crippen molar-refractivity contribution >= 4 is 29.5 Å². The van der Waals surface area contributed by atoms with Gasteiger partial charge in [-0.05, 0) is 60.4 Å². The molecule has 2 heterocycles. The topological polar surface area (TPSA) is 78.3 Å². The van der Waals surface area contributed by atoms with Crippen LogP contribution in [0.1, 0.15) is 61.4 Å². The highest BCUT2D eigenvalue weighted by atomic mass is 19.4. The van der Waals surface area contributed by atoms with Crippen molar-refractivity contribution in [1.29, 1.82) is 0 Å². The summed E-state index contributed by atoms with van der Waals surface area (Å²) in [5.74, 6) is -1.56. The van der Waals surface area contributed by atoms with Gasteiger partial charge in [0.25, 0.3) is 5.56 Å². The average molecular weight is 789 g/mol. The van der Waals surface area contributed by atoms with E-state index in [0.717, 1.165) is 35.0 Å². The van der Waals surface area contributed by atoms with Crippen molar-refractivity contribution in [2.75, 3.05) is 11.4 Å². The summed E-state index contributed by atoms with van der Waals surface area (Å²) in [7, 11) is 0. The number of anilines is 2. The molecular formula is C33H18F15N3O3. The first-order valence-corrected chi connectivity index (χ1v) is 14.8. The Morgan fingerprint density at radius 2 is 1.20 bits per heavy atom. The van der Waals surface area contributed by atoms with Gasteiger partial charge in [-0.25, -0.2) is 9.48 Å². The zero-order chi connectivity index (χ0) is 40.3. The first-order chi connectivity index (χ1) is 24.7. The maximum Gasteiger partial charge on any atom is 0.419 e. The fraction of sp³-hybridized carbons (Fsp3) is 0.242. The van der Waals surface area contributed by atoms with Crippen LogP contribution in [0, 0.1) is 0 Å². The maximum absolute atomic E-state index is 14.5. The number of aromatic amines is 1. The number of aromatic nitrogens is 2. The molecule has 0 amide bonds. The monoisotopic (exact) mass is 789 g/mol. The number of para-hydroxylation sites is 1. The molecule has 0 spiro atoms. The first kappa shape index (κ1) is 39.6. The van der Waals surface area contributed by atoms with Crippen LogP contribution in [0.5, 0.6) is 0 Å². The first-order valence-electron chi connectivity index (χ1n) is 14.8. The minimum Gasteiger partial charge on any atom is -0.477 e. The van der Waals surface area contributed by atoms with Crippen LogP contribution in [0.4, 0.5) is 77.2 Å². The summed E-state index contributed by atoms with van der Waals surface area (Å²) >= 11 is 0. The van der Waals surface area contributed by atoms with Crippen LogP contribution in [0.2, 0.25) is 0 Å². The number of aryl methyl sites for hydroxylation is 1. The summed E-state index contributed by atoms with van der Waals surface area (Å²) < 4.78 is 214. The van der Waals surface area contributed by atoms with Gasteiger partial charge in [0.2, 0.25) is 0 Å². The number of halogens is 15. The minimum absolute atomic E-state index is 0.00545. The molecule has 1 aromatic heterocycles. The number of carboxylic acid groups (broad SMARTS) is 1. The fourth-order valence-corrected chi connectivity index (χ4v) is 6.08.